The molecule has 0 aliphatic carbocycles. The number of benzene rings is 1. The fourth-order valence-corrected chi connectivity index (χ4v) is 1.30. The number of rotatable bonds is 5. The topological polar surface area (TPSA) is 33.8 Å². The van der Waals surface area contributed by atoms with Crippen molar-refractivity contribution in [2.24, 2.45) is 0 Å². The van der Waals surface area contributed by atoms with Gasteiger partial charge >= 0.3 is 0 Å². The predicted molar refractivity (Wildman–Crippen MR) is 55.8 cm³/mol. The molecule has 1 aliphatic heterocycles. The van der Waals surface area contributed by atoms with Gasteiger partial charge in [-0.2, -0.15) is 0 Å². The summed E-state index contributed by atoms with van der Waals surface area (Å²) in [6, 6.07) is 7.97. The molecular formula is C11H15NO2. The minimum atomic E-state index is 0.393. The molecule has 2 rings (SSSR count). The minimum absolute atomic E-state index is 0.393. The Bertz CT molecular complexity index is 297. The number of anilines is 1. The van der Waals surface area contributed by atoms with Gasteiger partial charge in [-0.05, 0) is 19.1 Å². The Morgan fingerprint density at radius 1 is 1.50 bits per heavy atom. The Morgan fingerprint density at radius 3 is 3.00 bits per heavy atom. The lowest BCUT2D eigenvalue weighted by Crippen LogP contribution is -2.08. The fraction of sp³-hybridized carbons (Fsp3) is 0.455. The molecule has 14 heavy (non-hydrogen) atoms. The predicted octanol–water partition coefficient (Wildman–Crippen LogP) is 1.90. The van der Waals surface area contributed by atoms with Crippen molar-refractivity contribution in [3.63, 3.8) is 0 Å². The van der Waals surface area contributed by atoms with Crippen molar-refractivity contribution in [2.45, 2.75) is 13.0 Å². The zero-order chi connectivity index (χ0) is 9.80. The molecule has 1 unspecified atom stereocenters. The standard InChI is InChI=1S/C11H15NO2/c1-2-13-11-6-4-3-5-10(11)12-7-9-8-14-9/h3-6,9,12H,2,7-8H2,1H3. The Labute approximate surface area is 84.0 Å². The first-order valence-corrected chi connectivity index (χ1v) is 4.97. The number of hydrogen-bond acceptors (Lipinski definition) is 3. The zero-order valence-corrected chi connectivity index (χ0v) is 8.32. The number of para-hydroxylation sites is 2. The van der Waals surface area contributed by atoms with E-state index in [2.05, 4.69) is 5.32 Å². The molecule has 1 aliphatic rings. The van der Waals surface area contributed by atoms with Gasteiger partial charge in [0, 0.05) is 6.54 Å². The van der Waals surface area contributed by atoms with Crippen LogP contribution in [0.2, 0.25) is 0 Å². The van der Waals surface area contributed by atoms with Gasteiger partial charge in [0.1, 0.15) is 5.75 Å². The average Bonchev–Trinajstić information content (AvgIpc) is 3.01. The number of nitrogens with one attached hydrogen (secondary N) is 1. The van der Waals surface area contributed by atoms with Crippen LogP contribution in [0.5, 0.6) is 5.75 Å². The second-order valence-electron chi connectivity index (χ2n) is 3.27. The van der Waals surface area contributed by atoms with Gasteiger partial charge in [0.15, 0.2) is 0 Å². The second kappa shape index (κ2) is 4.33. The lowest BCUT2D eigenvalue weighted by atomic mass is 10.3. The minimum Gasteiger partial charge on any atom is -0.492 e. The number of hydrogen-bond donors (Lipinski definition) is 1. The first-order chi connectivity index (χ1) is 6.90. The van der Waals surface area contributed by atoms with Crippen LogP contribution in [-0.2, 0) is 4.74 Å². The molecule has 0 aromatic heterocycles. The van der Waals surface area contributed by atoms with Crippen LogP contribution in [0, 0.1) is 0 Å². The van der Waals surface area contributed by atoms with E-state index in [-0.39, 0.29) is 0 Å². The molecular weight excluding hydrogens is 178 g/mol. The molecule has 76 valence electrons. The third kappa shape index (κ3) is 2.39. The van der Waals surface area contributed by atoms with Gasteiger partial charge in [0.25, 0.3) is 0 Å². The highest BCUT2D eigenvalue weighted by Crippen LogP contribution is 2.24. The molecule has 0 amide bonds. The summed E-state index contributed by atoms with van der Waals surface area (Å²) in [5.41, 5.74) is 1.05. The van der Waals surface area contributed by atoms with E-state index in [0.29, 0.717) is 12.7 Å². The largest absolute Gasteiger partial charge is 0.492 e. The summed E-state index contributed by atoms with van der Waals surface area (Å²) in [5, 5.41) is 3.31. The van der Waals surface area contributed by atoms with Crippen LogP contribution < -0.4 is 10.1 Å². The highest BCUT2D eigenvalue weighted by atomic mass is 16.6. The molecule has 1 aromatic rings. The van der Waals surface area contributed by atoms with Crippen LogP contribution in [0.15, 0.2) is 24.3 Å². The molecule has 0 radical (unpaired) electrons. The van der Waals surface area contributed by atoms with E-state index in [4.69, 9.17) is 9.47 Å². The summed E-state index contributed by atoms with van der Waals surface area (Å²) < 4.78 is 10.6. The zero-order valence-electron chi connectivity index (χ0n) is 8.32. The van der Waals surface area contributed by atoms with Crippen molar-refractivity contribution in [3.05, 3.63) is 24.3 Å². The van der Waals surface area contributed by atoms with Gasteiger partial charge in [0.2, 0.25) is 0 Å². The second-order valence-corrected chi connectivity index (χ2v) is 3.27. The van der Waals surface area contributed by atoms with Crippen molar-refractivity contribution in [2.75, 3.05) is 25.1 Å². The number of ether oxygens (including phenoxy) is 2. The Balaban J connectivity index is 1.97. The fourth-order valence-electron chi connectivity index (χ4n) is 1.30. The molecule has 1 saturated heterocycles. The van der Waals surface area contributed by atoms with Crippen LogP contribution in [0.4, 0.5) is 5.69 Å². The summed E-state index contributed by atoms with van der Waals surface area (Å²) in [7, 11) is 0. The monoisotopic (exact) mass is 193 g/mol. The quantitative estimate of drug-likeness (QED) is 0.725. The summed E-state index contributed by atoms with van der Waals surface area (Å²) in [6.45, 7) is 4.42. The van der Waals surface area contributed by atoms with Crippen LogP contribution >= 0.6 is 0 Å². The van der Waals surface area contributed by atoms with Gasteiger partial charge < -0.3 is 14.8 Å². The van der Waals surface area contributed by atoms with Crippen molar-refractivity contribution >= 4 is 5.69 Å². The molecule has 0 spiro atoms. The Kier molecular flexibility index (Phi) is 2.89. The summed E-state index contributed by atoms with van der Waals surface area (Å²) in [4.78, 5) is 0. The molecule has 1 N–H and O–H groups in total. The Hall–Kier alpha value is -1.22. The van der Waals surface area contributed by atoms with Crippen molar-refractivity contribution in [1.29, 1.82) is 0 Å². The highest BCUT2D eigenvalue weighted by Gasteiger charge is 2.21. The first kappa shape index (κ1) is 9.34. The smallest absolute Gasteiger partial charge is 0.142 e. The van der Waals surface area contributed by atoms with Gasteiger partial charge in [-0.3, -0.25) is 0 Å². The molecule has 3 heteroatoms. The molecule has 1 fully saturated rings. The molecule has 3 nitrogen and oxygen atoms in total. The summed E-state index contributed by atoms with van der Waals surface area (Å²) >= 11 is 0. The molecule has 1 atom stereocenters. The lowest BCUT2D eigenvalue weighted by molar-refractivity contribution is 0.341. The van der Waals surface area contributed by atoms with Gasteiger partial charge in [-0.15, -0.1) is 0 Å². The van der Waals surface area contributed by atoms with E-state index in [0.717, 1.165) is 24.6 Å². The number of epoxide rings is 1. The Morgan fingerprint density at radius 2 is 2.29 bits per heavy atom. The maximum Gasteiger partial charge on any atom is 0.142 e. The van der Waals surface area contributed by atoms with Crippen LogP contribution in [0.25, 0.3) is 0 Å². The van der Waals surface area contributed by atoms with Crippen molar-refractivity contribution in [1.82, 2.24) is 0 Å². The van der Waals surface area contributed by atoms with Crippen LogP contribution in [0.3, 0.4) is 0 Å². The lowest BCUT2D eigenvalue weighted by Gasteiger charge is -2.10. The van der Waals surface area contributed by atoms with Crippen molar-refractivity contribution in [3.8, 4) is 5.75 Å². The average molecular weight is 193 g/mol. The van der Waals surface area contributed by atoms with E-state index >= 15 is 0 Å². The molecule has 0 bridgehead atoms. The third-order valence-corrected chi connectivity index (χ3v) is 2.11. The molecule has 1 aromatic carbocycles. The summed E-state index contributed by atoms with van der Waals surface area (Å²) in [6.07, 6.45) is 0.393. The van der Waals surface area contributed by atoms with E-state index in [9.17, 15) is 0 Å². The van der Waals surface area contributed by atoms with Crippen LogP contribution in [0.1, 0.15) is 6.92 Å². The third-order valence-electron chi connectivity index (χ3n) is 2.11. The van der Waals surface area contributed by atoms with Crippen LogP contribution in [-0.4, -0.2) is 25.9 Å². The van der Waals surface area contributed by atoms with Gasteiger partial charge in [-0.25, -0.2) is 0 Å². The summed E-state index contributed by atoms with van der Waals surface area (Å²) in [5.74, 6) is 0.913. The van der Waals surface area contributed by atoms with E-state index in [1.165, 1.54) is 0 Å². The molecule has 1 heterocycles. The van der Waals surface area contributed by atoms with Gasteiger partial charge in [-0.1, -0.05) is 12.1 Å². The van der Waals surface area contributed by atoms with E-state index in [1.54, 1.807) is 0 Å². The highest BCUT2D eigenvalue weighted by molar-refractivity contribution is 5.56. The molecule has 0 saturated carbocycles. The van der Waals surface area contributed by atoms with Crippen molar-refractivity contribution < 1.29 is 9.47 Å². The maximum absolute atomic E-state index is 5.49. The maximum atomic E-state index is 5.49. The SMILES string of the molecule is CCOc1ccccc1NCC1CO1. The van der Waals surface area contributed by atoms with E-state index in [1.807, 2.05) is 31.2 Å². The van der Waals surface area contributed by atoms with E-state index < -0.39 is 0 Å². The van der Waals surface area contributed by atoms with Gasteiger partial charge in [0.05, 0.1) is 25.0 Å². The normalized spacial score (nSPS) is 19.1. The first-order valence-electron chi connectivity index (χ1n) is 4.97.